The number of benzene rings is 2. The number of amides is 2. The molecule has 0 radical (unpaired) electrons. The van der Waals surface area contributed by atoms with Crippen molar-refractivity contribution in [3.05, 3.63) is 54.1 Å². The van der Waals surface area contributed by atoms with Gasteiger partial charge in [-0.1, -0.05) is 18.2 Å². The van der Waals surface area contributed by atoms with Gasteiger partial charge in [-0.15, -0.1) is 6.58 Å². The fourth-order valence-corrected chi connectivity index (χ4v) is 2.59. The van der Waals surface area contributed by atoms with Gasteiger partial charge in [-0.2, -0.15) is 0 Å². The van der Waals surface area contributed by atoms with E-state index in [1.165, 1.54) is 4.90 Å². The number of hydrogen-bond acceptors (Lipinski definition) is 3. The molecule has 1 aliphatic heterocycles. The van der Waals surface area contributed by atoms with Crippen LogP contribution in [0.15, 0.2) is 43.0 Å². The molecule has 2 amide bonds. The third-order valence-corrected chi connectivity index (χ3v) is 3.48. The van der Waals surface area contributed by atoms with Crippen molar-refractivity contribution in [3.8, 4) is 5.75 Å². The van der Waals surface area contributed by atoms with Crippen LogP contribution in [0, 0.1) is 0 Å². The maximum absolute atomic E-state index is 12.4. The average molecular weight is 267 g/mol. The average Bonchev–Trinajstić information content (AvgIpc) is 2.48. The second kappa shape index (κ2) is 4.49. The fraction of sp³-hybridized carbons (Fsp3) is 0.125. The van der Waals surface area contributed by atoms with Crippen LogP contribution < -0.4 is 4.74 Å². The van der Waals surface area contributed by atoms with Gasteiger partial charge in [-0.05, 0) is 18.2 Å². The van der Waals surface area contributed by atoms with Gasteiger partial charge in [0.05, 0.1) is 7.11 Å². The summed E-state index contributed by atoms with van der Waals surface area (Å²) in [5, 5.41) is 1.45. The molecule has 3 rings (SSSR count). The Morgan fingerprint density at radius 1 is 1.15 bits per heavy atom. The smallest absolute Gasteiger partial charge is 0.261 e. The lowest BCUT2D eigenvalue weighted by Crippen LogP contribution is -2.40. The highest BCUT2D eigenvalue weighted by molar-refractivity contribution is 6.26. The van der Waals surface area contributed by atoms with Crippen molar-refractivity contribution in [2.24, 2.45) is 0 Å². The number of nitrogens with zero attached hydrogens (tertiary/aromatic N) is 1. The highest BCUT2D eigenvalue weighted by atomic mass is 16.5. The fourth-order valence-electron chi connectivity index (χ4n) is 2.59. The maximum Gasteiger partial charge on any atom is 0.261 e. The lowest BCUT2D eigenvalue weighted by atomic mass is 9.93. The van der Waals surface area contributed by atoms with E-state index in [-0.39, 0.29) is 18.4 Å². The van der Waals surface area contributed by atoms with Gasteiger partial charge in [-0.25, -0.2) is 0 Å². The summed E-state index contributed by atoms with van der Waals surface area (Å²) in [4.78, 5) is 26.0. The monoisotopic (exact) mass is 267 g/mol. The zero-order chi connectivity index (χ0) is 14.3. The van der Waals surface area contributed by atoms with Crippen molar-refractivity contribution in [1.82, 2.24) is 4.90 Å². The molecule has 0 aromatic heterocycles. The van der Waals surface area contributed by atoms with Gasteiger partial charge in [0, 0.05) is 28.4 Å². The van der Waals surface area contributed by atoms with Crippen LogP contribution in [0.25, 0.3) is 10.8 Å². The SMILES string of the molecule is C=CCN1C(=O)c2cccc3c(OC)ccc(c23)C1=O. The third-order valence-electron chi connectivity index (χ3n) is 3.48. The molecular formula is C16H13NO3. The van der Waals surface area contributed by atoms with E-state index >= 15 is 0 Å². The van der Waals surface area contributed by atoms with E-state index in [0.29, 0.717) is 22.3 Å². The molecular weight excluding hydrogens is 254 g/mol. The summed E-state index contributed by atoms with van der Waals surface area (Å²) >= 11 is 0. The molecule has 0 atom stereocenters. The molecule has 2 aromatic rings. The Morgan fingerprint density at radius 3 is 2.50 bits per heavy atom. The Kier molecular flexibility index (Phi) is 2.79. The van der Waals surface area contributed by atoms with E-state index in [4.69, 9.17) is 4.74 Å². The number of carbonyl (C=O) groups is 2. The molecule has 0 saturated heterocycles. The first-order chi connectivity index (χ1) is 9.69. The van der Waals surface area contributed by atoms with E-state index in [2.05, 4.69) is 6.58 Å². The molecule has 4 nitrogen and oxygen atoms in total. The van der Waals surface area contributed by atoms with Gasteiger partial charge in [0.15, 0.2) is 0 Å². The zero-order valence-corrected chi connectivity index (χ0v) is 11.1. The van der Waals surface area contributed by atoms with Gasteiger partial charge in [0.25, 0.3) is 11.8 Å². The normalized spacial score (nSPS) is 13.8. The van der Waals surface area contributed by atoms with Crippen LogP contribution in [0.4, 0.5) is 0 Å². The van der Waals surface area contributed by atoms with Gasteiger partial charge in [0.2, 0.25) is 0 Å². The molecule has 0 saturated carbocycles. The largest absolute Gasteiger partial charge is 0.496 e. The van der Waals surface area contributed by atoms with Crippen molar-refractivity contribution in [2.45, 2.75) is 0 Å². The zero-order valence-electron chi connectivity index (χ0n) is 11.1. The van der Waals surface area contributed by atoms with Crippen LogP contribution >= 0.6 is 0 Å². The highest BCUT2D eigenvalue weighted by Crippen LogP contribution is 2.35. The van der Waals surface area contributed by atoms with Crippen LogP contribution in [0.5, 0.6) is 5.75 Å². The van der Waals surface area contributed by atoms with E-state index in [9.17, 15) is 9.59 Å². The first-order valence-corrected chi connectivity index (χ1v) is 6.26. The molecule has 0 spiro atoms. The van der Waals surface area contributed by atoms with Crippen LogP contribution in [-0.4, -0.2) is 30.4 Å². The van der Waals surface area contributed by atoms with Gasteiger partial charge >= 0.3 is 0 Å². The number of hydrogen-bond donors (Lipinski definition) is 0. The van der Waals surface area contributed by atoms with E-state index < -0.39 is 0 Å². The van der Waals surface area contributed by atoms with Crippen molar-refractivity contribution < 1.29 is 14.3 Å². The van der Waals surface area contributed by atoms with E-state index in [0.717, 1.165) is 5.39 Å². The highest BCUT2D eigenvalue weighted by Gasteiger charge is 2.32. The molecule has 100 valence electrons. The van der Waals surface area contributed by atoms with Crippen LogP contribution in [0.1, 0.15) is 20.7 Å². The molecule has 0 bridgehead atoms. The third kappa shape index (κ3) is 1.54. The minimum absolute atomic E-state index is 0.208. The molecule has 20 heavy (non-hydrogen) atoms. The minimum atomic E-state index is -0.291. The van der Waals surface area contributed by atoms with E-state index in [1.807, 2.05) is 6.07 Å². The maximum atomic E-state index is 12.4. The summed E-state index contributed by atoms with van der Waals surface area (Å²) in [6, 6.07) is 8.83. The van der Waals surface area contributed by atoms with Gasteiger partial charge < -0.3 is 4.74 Å². The summed E-state index contributed by atoms with van der Waals surface area (Å²) in [5.74, 6) is 0.0749. The number of carbonyl (C=O) groups excluding carboxylic acids is 2. The Balaban J connectivity index is 2.36. The predicted octanol–water partition coefficient (Wildman–Crippen LogP) is 2.63. The quantitative estimate of drug-likeness (QED) is 0.634. The molecule has 0 N–H and O–H groups in total. The summed E-state index contributed by atoms with van der Waals surface area (Å²) < 4.78 is 5.30. The minimum Gasteiger partial charge on any atom is -0.496 e. The first-order valence-electron chi connectivity index (χ1n) is 6.26. The molecule has 1 heterocycles. The molecule has 4 heteroatoms. The number of ether oxygens (including phenoxy) is 1. The van der Waals surface area contributed by atoms with Gasteiger partial charge in [0.1, 0.15) is 5.75 Å². The molecule has 2 aromatic carbocycles. The molecule has 0 unspecified atom stereocenters. The Bertz CT molecular complexity index is 726. The Hall–Kier alpha value is -2.62. The number of imide groups is 1. The summed E-state index contributed by atoms with van der Waals surface area (Å²) in [6.07, 6.45) is 1.55. The van der Waals surface area contributed by atoms with Crippen LogP contribution in [0.3, 0.4) is 0 Å². The Morgan fingerprint density at radius 2 is 1.85 bits per heavy atom. The lowest BCUT2D eigenvalue weighted by molar-refractivity contribution is 0.0629. The predicted molar refractivity (Wildman–Crippen MR) is 76.1 cm³/mol. The van der Waals surface area contributed by atoms with Gasteiger partial charge in [-0.3, -0.25) is 14.5 Å². The van der Waals surface area contributed by atoms with Crippen molar-refractivity contribution >= 4 is 22.6 Å². The van der Waals surface area contributed by atoms with Crippen molar-refractivity contribution in [1.29, 1.82) is 0 Å². The topological polar surface area (TPSA) is 46.6 Å². The van der Waals surface area contributed by atoms with Crippen LogP contribution in [0.2, 0.25) is 0 Å². The molecule has 0 fully saturated rings. The Labute approximate surface area is 116 Å². The van der Waals surface area contributed by atoms with Crippen LogP contribution in [-0.2, 0) is 0 Å². The summed E-state index contributed by atoms with van der Waals surface area (Å²) in [5.41, 5.74) is 1.05. The standard InChI is InChI=1S/C16H13NO3/c1-3-9-17-15(18)11-6-4-5-10-13(20-2)8-7-12(14(10)11)16(17)19/h3-8H,1,9H2,2H3. The number of methoxy groups -OCH3 is 1. The summed E-state index contributed by atoms with van der Waals surface area (Å²) in [6.45, 7) is 3.80. The second-order valence-corrected chi connectivity index (χ2v) is 4.55. The second-order valence-electron chi connectivity index (χ2n) is 4.55. The van der Waals surface area contributed by atoms with E-state index in [1.54, 1.807) is 37.5 Å². The lowest BCUT2D eigenvalue weighted by Gasteiger charge is -2.26. The summed E-state index contributed by atoms with van der Waals surface area (Å²) in [7, 11) is 1.57. The van der Waals surface area contributed by atoms with Crippen molar-refractivity contribution in [2.75, 3.05) is 13.7 Å². The first kappa shape index (κ1) is 12.4. The van der Waals surface area contributed by atoms with Crippen molar-refractivity contribution in [3.63, 3.8) is 0 Å². The number of rotatable bonds is 3. The molecule has 1 aliphatic rings. The molecule has 0 aliphatic carbocycles.